The highest BCUT2D eigenvalue weighted by Crippen LogP contribution is 2.28. The van der Waals surface area contributed by atoms with Gasteiger partial charge in [0, 0.05) is 25.6 Å². The van der Waals surface area contributed by atoms with Crippen molar-refractivity contribution in [2.45, 2.75) is 57.5 Å². The number of carbonyl (C=O) groups excluding carboxylic acids is 2. The zero-order valence-electron chi connectivity index (χ0n) is 27.0. The lowest BCUT2D eigenvalue weighted by atomic mass is 10.0. The summed E-state index contributed by atoms with van der Waals surface area (Å²) in [5, 5.41) is 3.01. The topological polar surface area (TPSA) is 96.0 Å². The summed E-state index contributed by atoms with van der Waals surface area (Å²) in [6.45, 7) is 5.97. The maximum Gasteiger partial charge on any atom is 0.264 e. The lowest BCUT2D eigenvalue weighted by molar-refractivity contribution is -0.140. The van der Waals surface area contributed by atoms with E-state index in [-0.39, 0.29) is 29.5 Å². The molecule has 242 valence electrons. The molecular formula is C37H43N3O5S. The molecule has 1 atom stereocenters. The molecule has 0 bridgehead atoms. The van der Waals surface area contributed by atoms with E-state index < -0.39 is 28.5 Å². The first-order chi connectivity index (χ1) is 22.1. The van der Waals surface area contributed by atoms with Crippen molar-refractivity contribution in [2.75, 3.05) is 24.5 Å². The van der Waals surface area contributed by atoms with Crippen LogP contribution in [-0.4, -0.2) is 51.4 Å². The molecule has 0 aliphatic heterocycles. The highest BCUT2D eigenvalue weighted by molar-refractivity contribution is 7.92. The Bertz CT molecular complexity index is 1690. The second kappa shape index (κ2) is 16.1. The van der Waals surface area contributed by atoms with E-state index in [9.17, 15) is 18.0 Å². The van der Waals surface area contributed by atoms with Gasteiger partial charge in [-0.05, 0) is 55.7 Å². The van der Waals surface area contributed by atoms with E-state index in [1.54, 1.807) is 36.4 Å². The third-order valence-corrected chi connectivity index (χ3v) is 9.59. The number of amides is 2. The highest BCUT2D eigenvalue weighted by atomic mass is 32.2. The summed E-state index contributed by atoms with van der Waals surface area (Å²) < 4.78 is 34.9. The number of nitrogens with one attached hydrogen (secondary N) is 1. The molecule has 0 spiro atoms. The first kappa shape index (κ1) is 34.2. The Morgan fingerprint density at radius 2 is 1.48 bits per heavy atom. The minimum Gasteiger partial charge on any atom is -0.497 e. The Kier molecular flexibility index (Phi) is 12.0. The van der Waals surface area contributed by atoms with Crippen LogP contribution in [0.3, 0.4) is 0 Å². The van der Waals surface area contributed by atoms with Crippen LogP contribution in [0.5, 0.6) is 5.75 Å². The summed E-state index contributed by atoms with van der Waals surface area (Å²) in [7, 11) is -2.70. The molecule has 46 heavy (non-hydrogen) atoms. The van der Waals surface area contributed by atoms with E-state index in [0.29, 0.717) is 12.3 Å². The van der Waals surface area contributed by atoms with E-state index in [2.05, 4.69) is 5.32 Å². The van der Waals surface area contributed by atoms with Crippen LogP contribution >= 0.6 is 0 Å². The molecule has 0 aliphatic rings. The number of ether oxygens (including phenoxy) is 1. The van der Waals surface area contributed by atoms with Gasteiger partial charge in [-0.3, -0.25) is 13.9 Å². The molecule has 0 aromatic heterocycles. The second-order valence-electron chi connectivity index (χ2n) is 11.4. The number of methoxy groups -OCH3 is 1. The molecule has 0 heterocycles. The van der Waals surface area contributed by atoms with Crippen molar-refractivity contribution in [1.82, 2.24) is 10.2 Å². The van der Waals surface area contributed by atoms with Crippen LogP contribution in [0.25, 0.3) is 0 Å². The van der Waals surface area contributed by atoms with Crippen molar-refractivity contribution >= 4 is 27.5 Å². The van der Waals surface area contributed by atoms with Crippen molar-refractivity contribution in [2.24, 2.45) is 0 Å². The standard InChI is InChI=1S/C37H43N3O5S/c1-5-6-23-38-37(42)35(24-30-11-8-7-9-12-30)39(26-31-19-15-28(2)16-20-31)36(41)27-40(32-13-10-14-33(25-32)45-4)46(43,44)34-21-17-29(3)18-22-34/h7-22,25,35H,5-6,23-24,26-27H2,1-4H3,(H,38,42)/t35-/m1/s1. The van der Waals surface area contributed by atoms with Crippen LogP contribution in [0.4, 0.5) is 5.69 Å². The van der Waals surface area contributed by atoms with Crippen molar-refractivity contribution in [1.29, 1.82) is 0 Å². The molecule has 4 rings (SSSR count). The average Bonchev–Trinajstić information content (AvgIpc) is 3.06. The molecule has 9 heteroatoms. The second-order valence-corrected chi connectivity index (χ2v) is 13.2. The molecule has 1 N–H and O–H groups in total. The monoisotopic (exact) mass is 641 g/mol. The lowest BCUT2D eigenvalue weighted by Gasteiger charge is -2.34. The Morgan fingerprint density at radius 3 is 2.11 bits per heavy atom. The van der Waals surface area contributed by atoms with Crippen LogP contribution < -0.4 is 14.4 Å². The van der Waals surface area contributed by atoms with Gasteiger partial charge in [0.2, 0.25) is 11.8 Å². The highest BCUT2D eigenvalue weighted by Gasteiger charge is 2.34. The smallest absolute Gasteiger partial charge is 0.264 e. The zero-order chi connectivity index (χ0) is 33.1. The number of anilines is 1. The van der Waals surface area contributed by atoms with E-state index in [4.69, 9.17) is 4.74 Å². The predicted octanol–water partition coefficient (Wildman–Crippen LogP) is 6.06. The van der Waals surface area contributed by atoms with Crippen molar-refractivity contribution in [3.05, 3.63) is 125 Å². The largest absolute Gasteiger partial charge is 0.497 e. The van der Waals surface area contributed by atoms with E-state index in [0.717, 1.165) is 39.4 Å². The van der Waals surface area contributed by atoms with E-state index in [1.165, 1.54) is 24.1 Å². The fourth-order valence-corrected chi connectivity index (χ4v) is 6.49. The summed E-state index contributed by atoms with van der Waals surface area (Å²) in [6.07, 6.45) is 1.97. The number of benzene rings is 4. The Labute approximate surface area is 273 Å². The minimum absolute atomic E-state index is 0.0527. The maximum absolute atomic E-state index is 14.6. The summed E-state index contributed by atoms with van der Waals surface area (Å²) in [6, 6.07) is 29.5. The number of rotatable bonds is 15. The molecule has 8 nitrogen and oxygen atoms in total. The first-order valence-corrected chi connectivity index (χ1v) is 17.0. The fraction of sp³-hybridized carbons (Fsp3) is 0.297. The third kappa shape index (κ3) is 8.97. The molecule has 0 saturated carbocycles. The van der Waals surface area contributed by atoms with Gasteiger partial charge in [-0.1, -0.05) is 97.3 Å². The van der Waals surface area contributed by atoms with Crippen LogP contribution in [0.1, 0.15) is 42.0 Å². The number of hydrogen-bond donors (Lipinski definition) is 1. The zero-order valence-corrected chi connectivity index (χ0v) is 27.8. The number of aryl methyl sites for hydroxylation is 2. The average molecular weight is 642 g/mol. The Hall–Kier alpha value is -4.63. The summed E-state index contributed by atoms with van der Waals surface area (Å²) in [5.74, 6) is -0.347. The molecule has 0 unspecified atom stereocenters. The molecule has 0 fully saturated rings. The van der Waals surface area contributed by atoms with Crippen LogP contribution in [0, 0.1) is 13.8 Å². The molecule has 2 amide bonds. The van der Waals surface area contributed by atoms with Gasteiger partial charge in [0.25, 0.3) is 10.0 Å². The van der Waals surface area contributed by atoms with Gasteiger partial charge in [-0.2, -0.15) is 0 Å². The first-order valence-electron chi connectivity index (χ1n) is 15.5. The maximum atomic E-state index is 14.6. The SMILES string of the molecule is CCCCNC(=O)[C@@H](Cc1ccccc1)N(Cc1ccc(C)cc1)C(=O)CN(c1cccc(OC)c1)S(=O)(=O)c1ccc(C)cc1. The summed E-state index contributed by atoms with van der Waals surface area (Å²) in [5.41, 5.74) is 3.96. The number of sulfonamides is 1. The van der Waals surface area contributed by atoms with Gasteiger partial charge in [0.1, 0.15) is 18.3 Å². The van der Waals surface area contributed by atoms with E-state index >= 15 is 0 Å². The van der Waals surface area contributed by atoms with Crippen LogP contribution in [0.2, 0.25) is 0 Å². The number of nitrogens with zero attached hydrogens (tertiary/aromatic N) is 2. The van der Waals surface area contributed by atoms with E-state index in [1.807, 2.05) is 75.4 Å². The van der Waals surface area contributed by atoms with Gasteiger partial charge >= 0.3 is 0 Å². The van der Waals surface area contributed by atoms with Crippen molar-refractivity contribution in [3.63, 3.8) is 0 Å². The van der Waals surface area contributed by atoms with Gasteiger partial charge in [0.05, 0.1) is 17.7 Å². The van der Waals surface area contributed by atoms with Gasteiger partial charge in [0.15, 0.2) is 0 Å². The molecule has 0 radical (unpaired) electrons. The fourth-order valence-electron chi connectivity index (χ4n) is 5.08. The quantitative estimate of drug-likeness (QED) is 0.159. The summed E-state index contributed by atoms with van der Waals surface area (Å²) >= 11 is 0. The van der Waals surface area contributed by atoms with Crippen molar-refractivity contribution in [3.8, 4) is 5.75 Å². The Balaban J connectivity index is 1.80. The van der Waals surface area contributed by atoms with Gasteiger partial charge in [-0.25, -0.2) is 8.42 Å². The van der Waals surface area contributed by atoms with Crippen molar-refractivity contribution < 1.29 is 22.7 Å². The molecule has 4 aromatic rings. The van der Waals surface area contributed by atoms with Crippen LogP contribution in [0.15, 0.2) is 108 Å². The van der Waals surface area contributed by atoms with Crippen LogP contribution in [-0.2, 0) is 32.6 Å². The van der Waals surface area contributed by atoms with Gasteiger partial charge < -0.3 is 15.0 Å². The Morgan fingerprint density at radius 1 is 0.826 bits per heavy atom. The molecule has 0 saturated heterocycles. The normalized spacial score (nSPS) is 11.8. The third-order valence-electron chi connectivity index (χ3n) is 7.80. The van der Waals surface area contributed by atoms with Gasteiger partial charge in [-0.15, -0.1) is 0 Å². The molecule has 0 aliphatic carbocycles. The number of hydrogen-bond acceptors (Lipinski definition) is 5. The molecular weight excluding hydrogens is 598 g/mol. The number of unbranched alkanes of at least 4 members (excludes halogenated alkanes) is 1. The minimum atomic E-state index is -4.20. The number of carbonyl (C=O) groups is 2. The predicted molar refractivity (Wildman–Crippen MR) is 182 cm³/mol. The summed E-state index contributed by atoms with van der Waals surface area (Å²) in [4.78, 5) is 30.0. The molecule has 4 aromatic carbocycles. The lowest BCUT2D eigenvalue weighted by Crippen LogP contribution is -2.53.